The summed E-state index contributed by atoms with van der Waals surface area (Å²) in [5.74, 6) is 0. The molecule has 0 unspecified atom stereocenters. The number of benzene rings is 6. The molecule has 0 aliphatic heterocycles. The van der Waals surface area contributed by atoms with E-state index in [1.54, 1.807) is 72.8 Å². The molecule has 0 atom stereocenters. The fourth-order valence-corrected chi connectivity index (χ4v) is 9.73. The lowest BCUT2D eigenvalue weighted by Crippen LogP contribution is -2.20. The maximum Gasteiger partial charge on any atom is 0.416 e. The zero-order valence-electron chi connectivity index (χ0n) is 40.6. The van der Waals surface area contributed by atoms with Crippen LogP contribution in [-0.4, -0.2) is 40.8 Å². The van der Waals surface area contributed by atoms with Gasteiger partial charge < -0.3 is 0 Å². The van der Waals surface area contributed by atoms with Crippen LogP contribution < -0.4 is 9.66 Å². The van der Waals surface area contributed by atoms with Crippen molar-refractivity contribution in [2.24, 2.45) is 10.2 Å². The maximum atomic E-state index is 13.4. The molecule has 6 rings (SSSR count). The summed E-state index contributed by atoms with van der Waals surface area (Å²) in [6.07, 6.45) is -14.0. The molecule has 0 spiro atoms. The van der Waals surface area contributed by atoms with Crippen molar-refractivity contribution >= 4 is 77.0 Å². The molecular weight excluding hydrogens is 1100 g/mol. The van der Waals surface area contributed by atoms with Gasteiger partial charge in [-0.05, 0) is 135 Å². The van der Waals surface area contributed by atoms with Gasteiger partial charge in [-0.25, -0.2) is 0 Å². The average molecular weight is 1150 g/mol. The molecule has 6 aromatic carbocycles. The van der Waals surface area contributed by atoms with Crippen molar-refractivity contribution in [3.05, 3.63) is 200 Å². The number of nitrogens with one attached hydrogen (secondary N) is 2. The Morgan fingerprint density at radius 2 is 0.724 bits per heavy atom. The average Bonchev–Trinajstić information content (AvgIpc) is 3.35. The Labute approximate surface area is 439 Å². The van der Waals surface area contributed by atoms with E-state index in [4.69, 9.17) is 0 Å². The van der Waals surface area contributed by atoms with E-state index in [9.17, 15) is 69.5 Å². The monoisotopic (exact) mass is 1140 g/mol. The summed E-state index contributed by atoms with van der Waals surface area (Å²) in [6, 6.07) is 28.0. The van der Waals surface area contributed by atoms with Crippen molar-refractivity contribution in [1.82, 2.24) is 9.66 Å². The van der Waals surface area contributed by atoms with Gasteiger partial charge in [-0.15, -0.1) is 23.5 Å². The number of hydrogen-bond acceptors (Lipinski definition) is 8. The van der Waals surface area contributed by atoms with Crippen LogP contribution in [-0.2, 0) is 44.8 Å². The molecule has 0 saturated carbocycles. The van der Waals surface area contributed by atoms with E-state index in [1.165, 1.54) is 62.8 Å². The van der Waals surface area contributed by atoms with Crippen LogP contribution in [0.2, 0.25) is 0 Å². The van der Waals surface area contributed by atoms with E-state index < -0.39 is 67.0 Å². The molecule has 0 bridgehead atoms. The number of thioether (sulfide) groups is 2. The van der Waals surface area contributed by atoms with Crippen molar-refractivity contribution in [2.75, 3.05) is 12.5 Å². The molecule has 76 heavy (non-hydrogen) atoms. The van der Waals surface area contributed by atoms with Crippen molar-refractivity contribution in [3.8, 4) is 0 Å². The van der Waals surface area contributed by atoms with Crippen molar-refractivity contribution in [3.63, 3.8) is 0 Å². The highest BCUT2D eigenvalue weighted by molar-refractivity contribution is 8.08. The highest BCUT2D eigenvalue weighted by Gasteiger charge is 2.38. The smallest absolute Gasteiger partial charge is 0.200 e. The Morgan fingerprint density at radius 1 is 0.447 bits per heavy atom. The van der Waals surface area contributed by atoms with Crippen molar-refractivity contribution in [1.29, 1.82) is 0 Å². The third-order valence-corrected chi connectivity index (χ3v) is 14.8. The first kappa shape index (κ1) is 60.4. The standard InChI is InChI=1S/2C26H22F6N2O2S2/c2*1-16-8-10-22(11-9-16)38(35,36)34-33-17(2)23-7-5-4-6-18(23)14-24(37-3)19-12-20(25(27,28)29)15-21(13-19)26(30,31)32/h2*4-15,34H,1-3H3/b2*24-14-,33-17-. The quantitative estimate of drug-likeness (QED) is 0.0486. The summed E-state index contributed by atoms with van der Waals surface area (Å²) in [4.78, 5) is 4.59. The molecule has 24 heteroatoms. The molecule has 0 aliphatic carbocycles. The van der Waals surface area contributed by atoms with E-state index in [-0.39, 0.29) is 54.3 Å². The van der Waals surface area contributed by atoms with E-state index in [2.05, 4.69) is 19.9 Å². The molecule has 0 aliphatic rings. The van der Waals surface area contributed by atoms with Gasteiger partial charge >= 0.3 is 24.7 Å². The number of alkyl halides is 12. The predicted molar refractivity (Wildman–Crippen MR) is 276 cm³/mol. The molecule has 2 N–H and O–H groups in total. The van der Waals surface area contributed by atoms with Crippen molar-refractivity contribution in [2.45, 2.75) is 62.2 Å². The summed E-state index contributed by atoms with van der Waals surface area (Å²) in [7, 11) is -7.94. The summed E-state index contributed by atoms with van der Waals surface area (Å²) in [5, 5.41) is 7.94. The van der Waals surface area contributed by atoms with Crippen LogP contribution in [0.5, 0.6) is 0 Å². The molecular formula is C52H44F12N4O4S4. The Balaban J connectivity index is 0.000000281. The van der Waals surface area contributed by atoms with Crippen molar-refractivity contribution < 1.29 is 69.5 Å². The van der Waals surface area contributed by atoms with Gasteiger partial charge in [-0.2, -0.15) is 89.4 Å². The highest BCUT2D eigenvalue weighted by Crippen LogP contribution is 2.42. The first-order valence-electron chi connectivity index (χ1n) is 21.8. The zero-order chi connectivity index (χ0) is 56.6. The van der Waals surface area contributed by atoms with Crippen LogP contribution >= 0.6 is 23.5 Å². The first-order valence-corrected chi connectivity index (χ1v) is 27.2. The predicted octanol–water partition coefficient (Wildman–Crippen LogP) is 15.2. The van der Waals surface area contributed by atoms with Crippen LogP contribution in [0.25, 0.3) is 22.0 Å². The minimum absolute atomic E-state index is 0.00233. The van der Waals surface area contributed by atoms with Gasteiger partial charge in [0.1, 0.15) is 0 Å². The van der Waals surface area contributed by atoms with Gasteiger partial charge in [-0.1, -0.05) is 83.9 Å². The van der Waals surface area contributed by atoms with Crippen LogP contribution in [0.15, 0.2) is 153 Å². The second-order valence-electron chi connectivity index (χ2n) is 16.4. The molecule has 0 fully saturated rings. The largest absolute Gasteiger partial charge is 0.416 e. The Hall–Kier alpha value is -6.50. The third-order valence-electron chi connectivity index (χ3n) is 10.8. The summed E-state index contributed by atoms with van der Waals surface area (Å²) < 4.78 is 211. The molecule has 404 valence electrons. The van der Waals surface area contributed by atoms with E-state index in [0.717, 1.165) is 34.7 Å². The Bertz CT molecular complexity index is 3120. The number of sulfonamides is 2. The molecule has 6 aromatic rings. The van der Waals surface area contributed by atoms with Crippen LogP contribution in [0, 0.1) is 13.8 Å². The summed E-state index contributed by atoms with van der Waals surface area (Å²) in [5.41, 5.74) is -2.31. The number of rotatable bonds is 14. The first-order chi connectivity index (χ1) is 35.2. The van der Waals surface area contributed by atoms with Gasteiger partial charge in [0.2, 0.25) is 0 Å². The van der Waals surface area contributed by atoms with Gasteiger partial charge in [-0.3, -0.25) is 0 Å². The van der Waals surface area contributed by atoms with Gasteiger partial charge in [0, 0.05) is 20.9 Å². The number of aryl methyl sites for hydroxylation is 2. The van der Waals surface area contributed by atoms with Crippen LogP contribution in [0.3, 0.4) is 0 Å². The normalized spacial score (nSPS) is 13.5. The number of hydrogen-bond donors (Lipinski definition) is 2. The fraction of sp³-hybridized carbons (Fsp3) is 0.192. The van der Waals surface area contributed by atoms with Gasteiger partial charge in [0.15, 0.2) is 0 Å². The van der Waals surface area contributed by atoms with Gasteiger partial charge in [0.25, 0.3) is 20.0 Å². The fourth-order valence-electron chi connectivity index (χ4n) is 6.82. The molecule has 0 heterocycles. The van der Waals surface area contributed by atoms with E-state index >= 15 is 0 Å². The maximum absolute atomic E-state index is 13.4. The number of halogens is 12. The highest BCUT2D eigenvalue weighted by atomic mass is 32.2. The topological polar surface area (TPSA) is 117 Å². The number of nitrogens with zero attached hydrogens (tertiary/aromatic N) is 2. The molecule has 8 nitrogen and oxygen atoms in total. The Kier molecular flexibility index (Phi) is 19.2. The SMILES string of the molecule is CS/C(=C\c1ccccc1/C(C)=N\NS(=O)(=O)c1ccc(C)cc1)c1cc(C(F)(F)F)cc(C(F)(F)F)c1.CS/C(=C\c1ccccc1/C(C)=N\NS(=O)(=O)c1ccc(C)cc1)c1cc(C(F)(F)F)cc(C(F)(F)F)c1. The minimum atomic E-state index is -4.98. The third kappa shape index (κ3) is 16.3. The number of hydrazone groups is 2. The molecule has 0 amide bonds. The molecule has 0 saturated heterocycles. The lowest BCUT2D eigenvalue weighted by molar-refractivity contribution is -0.144. The lowest BCUT2D eigenvalue weighted by Gasteiger charge is -2.16. The second-order valence-corrected chi connectivity index (χ2v) is 21.4. The summed E-state index contributed by atoms with van der Waals surface area (Å²) >= 11 is 1.94. The minimum Gasteiger partial charge on any atom is -0.200 e. The van der Waals surface area contributed by atoms with Gasteiger partial charge in [0.05, 0.1) is 43.5 Å². The zero-order valence-corrected chi connectivity index (χ0v) is 43.8. The second kappa shape index (κ2) is 24.2. The van der Waals surface area contributed by atoms with E-state index in [1.807, 2.05) is 13.8 Å². The molecule has 0 radical (unpaired) electrons. The summed E-state index contributed by atoms with van der Waals surface area (Å²) in [6.45, 7) is 6.66. The lowest BCUT2D eigenvalue weighted by atomic mass is 10.0. The Morgan fingerprint density at radius 3 is 0.987 bits per heavy atom. The van der Waals surface area contributed by atoms with Crippen LogP contribution in [0.1, 0.15) is 80.6 Å². The van der Waals surface area contributed by atoms with Crippen LogP contribution in [0.4, 0.5) is 52.7 Å². The van der Waals surface area contributed by atoms with E-state index in [0.29, 0.717) is 46.5 Å². The molecule has 0 aromatic heterocycles.